The van der Waals surface area contributed by atoms with E-state index in [1.165, 1.54) is 6.20 Å². The molecule has 1 N–H and O–H groups in total. The first-order chi connectivity index (χ1) is 6.50. The van der Waals surface area contributed by atoms with Crippen LogP contribution in [-0.2, 0) is 0 Å². The second kappa shape index (κ2) is 5.90. The fourth-order valence-corrected chi connectivity index (χ4v) is 1.07. The van der Waals surface area contributed by atoms with Gasteiger partial charge in [-0.15, -0.1) is 12.4 Å². The number of alkyl halides is 2. The quantitative estimate of drug-likeness (QED) is 0.875. The molecule has 3 nitrogen and oxygen atoms in total. The third-order valence-corrected chi connectivity index (χ3v) is 1.82. The van der Waals surface area contributed by atoms with E-state index in [4.69, 9.17) is 0 Å². The molecule has 0 fully saturated rings. The summed E-state index contributed by atoms with van der Waals surface area (Å²) in [6, 6.07) is 0. The summed E-state index contributed by atoms with van der Waals surface area (Å²) < 4.78 is 25.1. The standard InChI is InChI=1S/C9H15F2N3.ClH/c1-6(2)4-12-8-5-14(9(10)11)13-7(8)3;/h5-6,9,12H,4H2,1-3H3;1H. The average molecular weight is 240 g/mol. The molecule has 1 aromatic heterocycles. The van der Waals surface area contributed by atoms with Crippen molar-refractivity contribution in [2.45, 2.75) is 27.3 Å². The highest BCUT2D eigenvalue weighted by atomic mass is 35.5. The lowest BCUT2D eigenvalue weighted by Gasteiger charge is -2.06. The summed E-state index contributed by atoms with van der Waals surface area (Å²) in [6.07, 6.45) is 1.34. The molecule has 6 heteroatoms. The maximum atomic E-state index is 12.2. The van der Waals surface area contributed by atoms with Gasteiger partial charge < -0.3 is 5.32 Å². The molecule has 0 aliphatic carbocycles. The molecule has 88 valence electrons. The Hall–Kier alpha value is -0.840. The van der Waals surface area contributed by atoms with Gasteiger partial charge in [-0.1, -0.05) is 13.8 Å². The first kappa shape index (κ1) is 14.2. The number of rotatable bonds is 4. The van der Waals surface area contributed by atoms with Crippen molar-refractivity contribution in [1.29, 1.82) is 0 Å². The molecule has 0 saturated carbocycles. The lowest BCUT2D eigenvalue weighted by atomic mass is 10.2. The lowest BCUT2D eigenvalue weighted by Crippen LogP contribution is -2.07. The van der Waals surface area contributed by atoms with Crippen LogP contribution in [0.4, 0.5) is 14.5 Å². The molecule has 1 heterocycles. The molecule has 0 aliphatic heterocycles. The van der Waals surface area contributed by atoms with Gasteiger partial charge in [0.05, 0.1) is 17.6 Å². The molecule has 1 rings (SSSR count). The van der Waals surface area contributed by atoms with E-state index in [2.05, 4.69) is 24.3 Å². The van der Waals surface area contributed by atoms with E-state index in [1.54, 1.807) is 6.92 Å². The Labute approximate surface area is 94.3 Å². The minimum atomic E-state index is -2.57. The first-order valence-corrected chi connectivity index (χ1v) is 4.58. The predicted molar refractivity (Wildman–Crippen MR) is 58.8 cm³/mol. The SMILES string of the molecule is Cc1nn(C(F)F)cc1NCC(C)C.Cl. The number of aryl methyl sites for hydroxylation is 1. The van der Waals surface area contributed by atoms with E-state index in [0.29, 0.717) is 22.0 Å². The van der Waals surface area contributed by atoms with Crippen molar-refractivity contribution in [3.05, 3.63) is 11.9 Å². The smallest absolute Gasteiger partial charge is 0.333 e. The van der Waals surface area contributed by atoms with Crippen molar-refractivity contribution in [1.82, 2.24) is 9.78 Å². The minimum Gasteiger partial charge on any atom is -0.382 e. The average Bonchev–Trinajstić information content (AvgIpc) is 2.43. The third kappa shape index (κ3) is 4.03. The van der Waals surface area contributed by atoms with Gasteiger partial charge in [-0.05, 0) is 12.8 Å². The van der Waals surface area contributed by atoms with Crippen LogP contribution in [-0.4, -0.2) is 16.3 Å². The Kier molecular flexibility index (Phi) is 5.57. The van der Waals surface area contributed by atoms with Gasteiger partial charge in [-0.25, -0.2) is 4.68 Å². The predicted octanol–water partition coefficient (Wildman–Crippen LogP) is 3.08. The zero-order valence-corrected chi connectivity index (χ0v) is 9.81. The molecule has 0 radical (unpaired) electrons. The number of nitrogens with zero attached hydrogens (tertiary/aromatic N) is 2. The topological polar surface area (TPSA) is 29.9 Å². The van der Waals surface area contributed by atoms with Crippen LogP contribution in [0.1, 0.15) is 26.1 Å². The molecule has 15 heavy (non-hydrogen) atoms. The van der Waals surface area contributed by atoms with E-state index in [9.17, 15) is 8.78 Å². The summed E-state index contributed by atoms with van der Waals surface area (Å²) in [5, 5.41) is 6.76. The maximum Gasteiger partial charge on any atom is 0.333 e. The number of halogens is 3. The third-order valence-electron chi connectivity index (χ3n) is 1.82. The van der Waals surface area contributed by atoms with Gasteiger partial charge in [0.2, 0.25) is 0 Å². The summed E-state index contributed by atoms with van der Waals surface area (Å²) in [6.45, 7) is 4.01. The highest BCUT2D eigenvalue weighted by molar-refractivity contribution is 5.85. The van der Waals surface area contributed by atoms with Crippen LogP contribution < -0.4 is 5.32 Å². The molecular weight excluding hydrogens is 224 g/mol. The molecule has 0 aromatic carbocycles. The van der Waals surface area contributed by atoms with E-state index in [0.717, 1.165) is 6.54 Å². The van der Waals surface area contributed by atoms with Crippen molar-refractivity contribution in [2.24, 2.45) is 5.92 Å². The van der Waals surface area contributed by atoms with Crippen LogP contribution >= 0.6 is 12.4 Å². The Morgan fingerprint density at radius 1 is 1.47 bits per heavy atom. The summed E-state index contributed by atoms with van der Waals surface area (Å²) in [5.41, 5.74) is 1.28. The molecule has 0 aliphatic rings. The van der Waals surface area contributed by atoms with Gasteiger partial charge in [0, 0.05) is 6.54 Å². The monoisotopic (exact) mass is 239 g/mol. The van der Waals surface area contributed by atoms with Crippen LogP contribution in [0, 0.1) is 12.8 Å². The second-order valence-electron chi connectivity index (χ2n) is 3.66. The molecule has 0 spiro atoms. The lowest BCUT2D eigenvalue weighted by molar-refractivity contribution is 0.0563. The number of nitrogens with one attached hydrogen (secondary N) is 1. The number of aromatic nitrogens is 2. The van der Waals surface area contributed by atoms with Crippen molar-refractivity contribution < 1.29 is 8.78 Å². The highest BCUT2D eigenvalue weighted by Gasteiger charge is 2.10. The molecular formula is C9H16ClF2N3. The van der Waals surface area contributed by atoms with E-state index < -0.39 is 6.55 Å². The normalized spacial score (nSPS) is 10.6. The molecule has 0 amide bonds. The van der Waals surface area contributed by atoms with E-state index >= 15 is 0 Å². The Morgan fingerprint density at radius 3 is 2.47 bits per heavy atom. The second-order valence-corrected chi connectivity index (χ2v) is 3.66. The van der Waals surface area contributed by atoms with Crippen molar-refractivity contribution in [2.75, 3.05) is 11.9 Å². The minimum absolute atomic E-state index is 0. The Balaban J connectivity index is 0.00000196. The van der Waals surface area contributed by atoms with Gasteiger partial charge in [0.1, 0.15) is 0 Å². The largest absolute Gasteiger partial charge is 0.382 e. The maximum absolute atomic E-state index is 12.2. The molecule has 0 unspecified atom stereocenters. The van der Waals surface area contributed by atoms with Crippen LogP contribution in [0.5, 0.6) is 0 Å². The first-order valence-electron chi connectivity index (χ1n) is 4.58. The Morgan fingerprint density at radius 2 is 2.07 bits per heavy atom. The molecule has 0 saturated heterocycles. The van der Waals surface area contributed by atoms with Gasteiger partial charge >= 0.3 is 6.55 Å². The fourth-order valence-electron chi connectivity index (χ4n) is 1.07. The van der Waals surface area contributed by atoms with Gasteiger partial charge in [0.15, 0.2) is 0 Å². The fraction of sp³-hybridized carbons (Fsp3) is 0.667. The van der Waals surface area contributed by atoms with Crippen LogP contribution in [0.3, 0.4) is 0 Å². The molecule has 0 bridgehead atoms. The Bertz CT molecular complexity index is 300. The summed E-state index contributed by atoms with van der Waals surface area (Å²) >= 11 is 0. The van der Waals surface area contributed by atoms with Gasteiger partial charge in [-0.2, -0.15) is 13.9 Å². The van der Waals surface area contributed by atoms with E-state index in [-0.39, 0.29) is 12.4 Å². The van der Waals surface area contributed by atoms with Crippen LogP contribution in [0.15, 0.2) is 6.20 Å². The van der Waals surface area contributed by atoms with Crippen molar-refractivity contribution in [3.63, 3.8) is 0 Å². The molecule has 0 atom stereocenters. The van der Waals surface area contributed by atoms with Crippen LogP contribution in [0.2, 0.25) is 0 Å². The van der Waals surface area contributed by atoms with Crippen molar-refractivity contribution in [3.8, 4) is 0 Å². The van der Waals surface area contributed by atoms with Gasteiger partial charge in [-0.3, -0.25) is 0 Å². The summed E-state index contributed by atoms with van der Waals surface area (Å²) in [7, 11) is 0. The van der Waals surface area contributed by atoms with Crippen molar-refractivity contribution >= 4 is 18.1 Å². The summed E-state index contributed by atoms with van der Waals surface area (Å²) in [5.74, 6) is 0.476. The van der Waals surface area contributed by atoms with Crippen LogP contribution in [0.25, 0.3) is 0 Å². The van der Waals surface area contributed by atoms with Gasteiger partial charge in [0.25, 0.3) is 0 Å². The number of hydrogen-bond donors (Lipinski definition) is 1. The molecule has 1 aromatic rings. The van der Waals surface area contributed by atoms with E-state index in [1.807, 2.05) is 0 Å². The number of hydrogen-bond acceptors (Lipinski definition) is 2. The zero-order chi connectivity index (χ0) is 10.7. The zero-order valence-electron chi connectivity index (χ0n) is 9.00. The summed E-state index contributed by atoms with van der Waals surface area (Å²) in [4.78, 5) is 0. The number of anilines is 1. The highest BCUT2D eigenvalue weighted by Crippen LogP contribution is 2.17.